The third-order valence-electron chi connectivity index (χ3n) is 0.649. The lowest BCUT2D eigenvalue weighted by atomic mass is 10.3. The van der Waals surface area contributed by atoms with Crippen LogP contribution in [-0.2, 0) is 0 Å². The maximum Gasteiger partial charge on any atom is 0.362 e. The number of halogens is 3. The average molecular weight is 123 g/mol. The van der Waals surface area contributed by atoms with Crippen LogP contribution in [0, 0.1) is 11.3 Å². The third-order valence-corrected chi connectivity index (χ3v) is 0.649. The molecule has 0 saturated heterocycles. The molecule has 1 unspecified atom stereocenters. The molecule has 0 spiro atoms. The van der Waals surface area contributed by atoms with E-state index in [0.717, 1.165) is 0 Å². The topological polar surface area (TPSA) is 23.8 Å². The molecule has 8 heavy (non-hydrogen) atoms. The molecule has 0 amide bonds. The van der Waals surface area contributed by atoms with Crippen molar-refractivity contribution in [1.29, 1.82) is 5.26 Å². The SMILES string of the molecule is CC(F)C(F)(F)C#N. The Labute approximate surface area is 44.7 Å². The summed E-state index contributed by atoms with van der Waals surface area (Å²) in [6, 6.07) is 0.532. The highest BCUT2D eigenvalue weighted by Gasteiger charge is 2.36. The third kappa shape index (κ3) is 1.41. The minimum absolute atomic E-state index is 0.532. The largest absolute Gasteiger partial charge is 0.362 e. The Morgan fingerprint density at radius 3 is 2.00 bits per heavy atom. The summed E-state index contributed by atoms with van der Waals surface area (Å²) >= 11 is 0. The maximum absolute atomic E-state index is 11.5. The minimum atomic E-state index is -3.82. The zero-order valence-electron chi connectivity index (χ0n) is 4.16. The van der Waals surface area contributed by atoms with Crippen molar-refractivity contribution in [3.05, 3.63) is 0 Å². The average Bonchev–Trinajstić information content (AvgIpc) is 1.67. The van der Waals surface area contributed by atoms with E-state index < -0.39 is 12.1 Å². The van der Waals surface area contributed by atoms with E-state index in [9.17, 15) is 13.2 Å². The van der Waals surface area contributed by atoms with E-state index in [-0.39, 0.29) is 0 Å². The molecule has 0 aliphatic rings. The quantitative estimate of drug-likeness (QED) is 0.518. The molecule has 4 heteroatoms. The van der Waals surface area contributed by atoms with Gasteiger partial charge in [0.05, 0.1) is 0 Å². The van der Waals surface area contributed by atoms with Gasteiger partial charge >= 0.3 is 5.92 Å². The molecule has 0 aromatic rings. The van der Waals surface area contributed by atoms with Gasteiger partial charge in [0.25, 0.3) is 0 Å². The molecule has 0 fully saturated rings. The van der Waals surface area contributed by atoms with Crippen LogP contribution in [0.5, 0.6) is 0 Å². The predicted molar refractivity (Wildman–Crippen MR) is 21.1 cm³/mol. The number of hydrogen-bond donors (Lipinski definition) is 0. The standard InChI is InChI=1S/C4H4F3N/c1-3(5)4(6,7)2-8/h3H,1H3. The summed E-state index contributed by atoms with van der Waals surface area (Å²) < 4.78 is 34.6. The van der Waals surface area contributed by atoms with Gasteiger partial charge in [0.2, 0.25) is 0 Å². The van der Waals surface area contributed by atoms with E-state index >= 15 is 0 Å². The predicted octanol–water partition coefficient (Wildman–Crippen LogP) is 1.50. The summed E-state index contributed by atoms with van der Waals surface area (Å²) in [5, 5.41) is 7.52. The Morgan fingerprint density at radius 1 is 1.62 bits per heavy atom. The van der Waals surface area contributed by atoms with Crippen LogP contribution in [0.2, 0.25) is 0 Å². The Kier molecular flexibility index (Phi) is 1.85. The lowest BCUT2D eigenvalue weighted by Gasteiger charge is -2.05. The highest BCUT2D eigenvalue weighted by Crippen LogP contribution is 2.18. The van der Waals surface area contributed by atoms with Crippen LogP contribution < -0.4 is 0 Å². The first-order valence-electron chi connectivity index (χ1n) is 1.94. The van der Waals surface area contributed by atoms with Crippen molar-refractivity contribution >= 4 is 0 Å². The van der Waals surface area contributed by atoms with Gasteiger partial charge in [-0.2, -0.15) is 14.0 Å². The Bertz CT molecular complexity index is 113. The summed E-state index contributed by atoms with van der Waals surface area (Å²) in [5.41, 5.74) is 0. The van der Waals surface area contributed by atoms with E-state index in [1.165, 1.54) is 0 Å². The molecule has 1 nitrogen and oxygen atoms in total. The van der Waals surface area contributed by atoms with Crippen molar-refractivity contribution in [2.24, 2.45) is 0 Å². The fourth-order valence-corrected chi connectivity index (χ4v) is 0.0889. The number of alkyl halides is 3. The van der Waals surface area contributed by atoms with Gasteiger partial charge in [0, 0.05) is 0 Å². The van der Waals surface area contributed by atoms with E-state index in [0.29, 0.717) is 13.0 Å². The first kappa shape index (κ1) is 7.28. The van der Waals surface area contributed by atoms with Gasteiger partial charge in [-0.25, -0.2) is 4.39 Å². The molecular formula is C4H4F3N. The summed E-state index contributed by atoms with van der Waals surface area (Å²) in [6.45, 7) is 0.642. The molecule has 0 N–H and O–H groups in total. The van der Waals surface area contributed by atoms with Crippen LogP contribution in [0.25, 0.3) is 0 Å². The van der Waals surface area contributed by atoms with Crippen LogP contribution in [0.1, 0.15) is 6.92 Å². The molecule has 0 aliphatic carbocycles. The smallest absolute Gasteiger partial charge is 0.240 e. The Balaban J connectivity index is 3.97. The number of hydrogen-bond acceptors (Lipinski definition) is 1. The molecule has 0 aromatic heterocycles. The highest BCUT2D eigenvalue weighted by molar-refractivity contribution is 4.95. The maximum atomic E-state index is 11.5. The van der Waals surface area contributed by atoms with Crippen LogP contribution in [-0.4, -0.2) is 12.1 Å². The lowest BCUT2D eigenvalue weighted by Crippen LogP contribution is -2.24. The van der Waals surface area contributed by atoms with Crippen LogP contribution in [0.3, 0.4) is 0 Å². The second-order valence-electron chi connectivity index (χ2n) is 1.35. The van der Waals surface area contributed by atoms with Gasteiger partial charge in [0.1, 0.15) is 6.07 Å². The lowest BCUT2D eigenvalue weighted by molar-refractivity contribution is -0.0112. The van der Waals surface area contributed by atoms with Crippen molar-refractivity contribution in [1.82, 2.24) is 0 Å². The van der Waals surface area contributed by atoms with Gasteiger partial charge in [0.15, 0.2) is 6.17 Å². The molecule has 1 atom stereocenters. The summed E-state index contributed by atoms with van der Waals surface area (Å²) in [6.07, 6.45) is -2.38. The van der Waals surface area contributed by atoms with Crippen molar-refractivity contribution < 1.29 is 13.2 Å². The molecule has 46 valence electrons. The number of rotatable bonds is 1. The minimum Gasteiger partial charge on any atom is -0.240 e. The van der Waals surface area contributed by atoms with E-state index in [2.05, 4.69) is 0 Å². The molecule has 0 saturated carbocycles. The van der Waals surface area contributed by atoms with E-state index in [1.807, 2.05) is 0 Å². The van der Waals surface area contributed by atoms with Crippen molar-refractivity contribution in [3.63, 3.8) is 0 Å². The number of nitriles is 1. The molecule has 0 radical (unpaired) electrons. The van der Waals surface area contributed by atoms with E-state index in [4.69, 9.17) is 5.26 Å². The Morgan fingerprint density at radius 2 is 2.00 bits per heavy atom. The van der Waals surface area contributed by atoms with Gasteiger partial charge < -0.3 is 0 Å². The summed E-state index contributed by atoms with van der Waals surface area (Å²) in [5.74, 6) is -3.82. The zero-order valence-corrected chi connectivity index (χ0v) is 4.16. The normalized spacial score (nSPS) is 14.9. The van der Waals surface area contributed by atoms with Crippen LogP contribution in [0.4, 0.5) is 13.2 Å². The van der Waals surface area contributed by atoms with Crippen molar-refractivity contribution in [2.45, 2.75) is 19.0 Å². The zero-order chi connectivity index (χ0) is 6.78. The van der Waals surface area contributed by atoms with Gasteiger partial charge in [-0.05, 0) is 6.92 Å². The van der Waals surface area contributed by atoms with E-state index in [1.54, 1.807) is 0 Å². The second kappa shape index (κ2) is 2.03. The monoisotopic (exact) mass is 123 g/mol. The highest BCUT2D eigenvalue weighted by atomic mass is 19.3. The van der Waals surface area contributed by atoms with Crippen LogP contribution >= 0.6 is 0 Å². The van der Waals surface area contributed by atoms with Crippen molar-refractivity contribution in [2.75, 3.05) is 0 Å². The van der Waals surface area contributed by atoms with Gasteiger partial charge in [-0.1, -0.05) is 0 Å². The van der Waals surface area contributed by atoms with Crippen molar-refractivity contribution in [3.8, 4) is 6.07 Å². The van der Waals surface area contributed by atoms with Crippen LogP contribution in [0.15, 0.2) is 0 Å². The first-order valence-corrected chi connectivity index (χ1v) is 1.94. The molecule has 0 bridgehead atoms. The first-order chi connectivity index (χ1) is 3.50. The summed E-state index contributed by atoms with van der Waals surface area (Å²) in [4.78, 5) is 0. The van der Waals surface area contributed by atoms with Gasteiger partial charge in [-0.3, -0.25) is 0 Å². The molecule has 0 heterocycles. The molecule has 0 rings (SSSR count). The molecule has 0 aromatic carbocycles. The summed E-state index contributed by atoms with van der Waals surface area (Å²) in [7, 11) is 0. The Hall–Kier alpha value is -0.720. The number of nitrogens with zero attached hydrogens (tertiary/aromatic N) is 1. The fraction of sp³-hybridized carbons (Fsp3) is 0.750. The molecular weight excluding hydrogens is 119 g/mol. The van der Waals surface area contributed by atoms with Gasteiger partial charge in [-0.15, -0.1) is 0 Å². The fourth-order valence-electron chi connectivity index (χ4n) is 0.0889. The second-order valence-corrected chi connectivity index (χ2v) is 1.35. The molecule has 0 aliphatic heterocycles.